The van der Waals surface area contributed by atoms with Gasteiger partial charge in [-0.05, 0) is 12.5 Å². The summed E-state index contributed by atoms with van der Waals surface area (Å²) in [5.74, 6) is -0.0170. The molecule has 3 N–H and O–H groups in total. The molecule has 1 amide bonds. The first kappa shape index (κ1) is 11.2. The van der Waals surface area contributed by atoms with E-state index < -0.39 is 0 Å². The van der Waals surface area contributed by atoms with Gasteiger partial charge in [-0.25, -0.2) is 0 Å². The van der Waals surface area contributed by atoms with Gasteiger partial charge >= 0.3 is 7.48 Å². The van der Waals surface area contributed by atoms with Crippen LogP contribution in [0.2, 0.25) is 0 Å². The van der Waals surface area contributed by atoms with Gasteiger partial charge in [0.2, 0.25) is 0 Å². The van der Waals surface area contributed by atoms with Crippen LogP contribution in [0, 0.1) is 0 Å². The van der Waals surface area contributed by atoms with Crippen LogP contribution in [-0.4, -0.2) is 42.4 Å². The summed E-state index contributed by atoms with van der Waals surface area (Å²) in [5, 5.41) is 8.88. The van der Waals surface area contributed by atoms with E-state index in [-0.39, 0.29) is 11.9 Å². The molecule has 1 aliphatic rings. The normalized spacial score (nSPS) is 19.9. The maximum absolute atomic E-state index is 12.0. The van der Waals surface area contributed by atoms with Crippen molar-refractivity contribution in [2.24, 2.45) is 5.73 Å². The number of nitrogens with zero attached hydrogens (tertiary/aromatic N) is 1. The third kappa shape index (κ3) is 2.26. The standard InChI is InChI=1S/C11H14BN2O2/c13-10-4-5-14(7-10)11(15)8-2-1-3-9(6-8)12-16/h1-3,6,10,16H,4-5,7,13H2/t10-/m0/s1. The van der Waals surface area contributed by atoms with Crippen LogP contribution in [0.3, 0.4) is 0 Å². The molecule has 0 bridgehead atoms. The first-order chi connectivity index (χ1) is 7.70. The van der Waals surface area contributed by atoms with Crippen molar-refractivity contribution in [2.45, 2.75) is 12.5 Å². The first-order valence-corrected chi connectivity index (χ1v) is 5.33. The third-order valence-corrected chi connectivity index (χ3v) is 2.79. The molecule has 1 saturated heterocycles. The van der Waals surface area contributed by atoms with Crippen molar-refractivity contribution in [2.75, 3.05) is 13.1 Å². The third-order valence-electron chi connectivity index (χ3n) is 2.79. The van der Waals surface area contributed by atoms with E-state index >= 15 is 0 Å². The molecule has 1 radical (unpaired) electrons. The summed E-state index contributed by atoms with van der Waals surface area (Å²) in [6.45, 7) is 1.33. The smallest absolute Gasteiger partial charge is 0.326 e. The lowest BCUT2D eigenvalue weighted by molar-refractivity contribution is 0.0791. The molecule has 4 nitrogen and oxygen atoms in total. The summed E-state index contributed by atoms with van der Waals surface area (Å²) >= 11 is 0. The van der Waals surface area contributed by atoms with Gasteiger partial charge in [-0.3, -0.25) is 4.79 Å². The summed E-state index contributed by atoms with van der Waals surface area (Å²) in [6.07, 6.45) is 0.859. The molecular formula is C11H14BN2O2. The van der Waals surface area contributed by atoms with Gasteiger partial charge in [-0.2, -0.15) is 0 Å². The molecule has 83 valence electrons. The van der Waals surface area contributed by atoms with Crippen molar-refractivity contribution in [3.63, 3.8) is 0 Å². The fourth-order valence-corrected chi connectivity index (χ4v) is 1.91. The Morgan fingerprint density at radius 3 is 3.00 bits per heavy atom. The van der Waals surface area contributed by atoms with Crippen LogP contribution in [0.4, 0.5) is 0 Å². The molecule has 0 unspecified atom stereocenters. The predicted molar refractivity (Wildman–Crippen MR) is 62.5 cm³/mol. The van der Waals surface area contributed by atoms with E-state index in [1.807, 2.05) is 0 Å². The lowest BCUT2D eigenvalue weighted by Gasteiger charge is -2.15. The summed E-state index contributed by atoms with van der Waals surface area (Å²) in [6, 6.07) is 7.01. The lowest BCUT2D eigenvalue weighted by Crippen LogP contribution is -2.32. The molecule has 0 saturated carbocycles. The molecule has 2 rings (SSSR count). The van der Waals surface area contributed by atoms with Gasteiger partial charge < -0.3 is 15.7 Å². The fraction of sp³-hybridized carbons (Fsp3) is 0.364. The number of likely N-dealkylation sites (tertiary alicyclic amines) is 1. The van der Waals surface area contributed by atoms with Crippen molar-refractivity contribution in [1.29, 1.82) is 0 Å². The highest BCUT2D eigenvalue weighted by Gasteiger charge is 2.24. The van der Waals surface area contributed by atoms with Gasteiger partial charge in [0.25, 0.3) is 5.91 Å². The van der Waals surface area contributed by atoms with Crippen molar-refractivity contribution in [3.05, 3.63) is 29.8 Å². The number of nitrogens with two attached hydrogens (primary N) is 1. The molecule has 0 spiro atoms. The van der Waals surface area contributed by atoms with E-state index in [2.05, 4.69) is 0 Å². The Morgan fingerprint density at radius 2 is 2.38 bits per heavy atom. The number of hydrogen-bond donors (Lipinski definition) is 2. The van der Waals surface area contributed by atoms with Crippen LogP contribution in [0.1, 0.15) is 16.8 Å². The summed E-state index contributed by atoms with van der Waals surface area (Å²) in [7, 11) is 0.993. The average molecular weight is 217 g/mol. The van der Waals surface area contributed by atoms with Crippen LogP contribution < -0.4 is 11.2 Å². The van der Waals surface area contributed by atoms with E-state index in [0.717, 1.165) is 13.9 Å². The number of rotatable bonds is 2. The average Bonchev–Trinajstić information content (AvgIpc) is 2.75. The molecule has 0 aromatic heterocycles. The number of carbonyl (C=O) groups is 1. The predicted octanol–water partition coefficient (Wildman–Crippen LogP) is -0.903. The van der Waals surface area contributed by atoms with Crippen molar-refractivity contribution in [3.8, 4) is 0 Å². The monoisotopic (exact) mass is 217 g/mol. The van der Waals surface area contributed by atoms with E-state index in [0.29, 0.717) is 24.1 Å². The Hall–Kier alpha value is -1.33. The minimum Gasteiger partial charge on any atom is -0.450 e. The zero-order chi connectivity index (χ0) is 11.5. The molecule has 1 heterocycles. The van der Waals surface area contributed by atoms with Gasteiger partial charge in [0.05, 0.1) is 0 Å². The Balaban J connectivity index is 2.14. The second kappa shape index (κ2) is 4.68. The Kier molecular flexibility index (Phi) is 3.26. The van der Waals surface area contributed by atoms with Crippen molar-refractivity contribution >= 4 is 18.9 Å². The highest BCUT2D eigenvalue weighted by Crippen LogP contribution is 2.11. The summed E-state index contributed by atoms with van der Waals surface area (Å²) in [4.78, 5) is 13.8. The van der Waals surface area contributed by atoms with Crippen LogP contribution in [0.5, 0.6) is 0 Å². The van der Waals surface area contributed by atoms with Crippen LogP contribution >= 0.6 is 0 Å². The molecule has 1 atom stereocenters. The molecule has 1 aromatic carbocycles. The largest absolute Gasteiger partial charge is 0.450 e. The Morgan fingerprint density at radius 1 is 1.56 bits per heavy atom. The number of amides is 1. The topological polar surface area (TPSA) is 66.6 Å². The van der Waals surface area contributed by atoms with Gasteiger partial charge in [0, 0.05) is 24.7 Å². The molecule has 1 aromatic rings. The Labute approximate surface area is 95.3 Å². The highest BCUT2D eigenvalue weighted by molar-refractivity contribution is 6.45. The second-order valence-electron chi connectivity index (χ2n) is 4.05. The minimum absolute atomic E-state index is 0.0170. The summed E-state index contributed by atoms with van der Waals surface area (Å²) in [5.41, 5.74) is 6.99. The van der Waals surface area contributed by atoms with E-state index in [1.54, 1.807) is 29.2 Å². The molecule has 16 heavy (non-hydrogen) atoms. The molecule has 5 heteroatoms. The van der Waals surface area contributed by atoms with Crippen LogP contribution in [0.15, 0.2) is 24.3 Å². The maximum atomic E-state index is 12.0. The number of hydrogen-bond acceptors (Lipinski definition) is 3. The van der Waals surface area contributed by atoms with Crippen LogP contribution in [-0.2, 0) is 0 Å². The first-order valence-electron chi connectivity index (χ1n) is 5.33. The molecule has 1 fully saturated rings. The Bertz CT molecular complexity index is 397. The van der Waals surface area contributed by atoms with Crippen LogP contribution in [0.25, 0.3) is 0 Å². The lowest BCUT2D eigenvalue weighted by atomic mass is 9.87. The molecular weight excluding hydrogens is 203 g/mol. The van der Waals surface area contributed by atoms with Gasteiger partial charge in [0.1, 0.15) is 0 Å². The quantitative estimate of drug-likeness (QED) is 0.630. The van der Waals surface area contributed by atoms with E-state index in [9.17, 15) is 4.79 Å². The van der Waals surface area contributed by atoms with E-state index in [4.69, 9.17) is 10.8 Å². The summed E-state index contributed by atoms with van der Waals surface area (Å²) < 4.78 is 0. The van der Waals surface area contributed by atoms with Crippen molar-refractivity contribution in [1.82, 2.24) is 4.90 Å². The zero-order valence-corrected chi connectivity index (χ0v) is 8.97. The highest BCUT2D eigenvalue weighted by atomic mass is 16.2. The van der Waals surface area contributed by atoms with Gasteiger partial charge in [0.15, 0.2) is 0 Å². The number of benzene rings is 1. The maximum Gasteiger partial charge on any atom is 0.326 e. The number of carbonyl (C=O) groups excluding carboxylic acids is 1. The van der Waals surface area contributed by atoms with Gasteiger partial charge in [-0.1, -0.05) is 23.7 Å². The van der Waals surface area contributed by atoms with Gasteiger partial charge in [-0.15, -0.1) is 0 Å². The van der Waals surface area contributed by atoms with Crippen molar-refractivity contribution < 1.29 is 9.82 Å². The SMILES string of the molecule is N[C@H]1CCN(C(=O)c2cccc([B]O)c2)C1. The van der Waals surface area contributed by atoms with E-state index in [1.165, 1.54) is 0 Å². The molecule has 0 aliphatic carbocycles. The zero-order valence-electron chi connectivity index (χ0n) is 8.97. The second-order valence-corrected chi connectivity index (χ2v) is 4.05. The minimum atomic E-state index is -0.0170. The molecule has 1 aliphatic heterocycles. The fourth-order valence-electron chi connectivity index (χ4n) is 1.91.